The average Bonchev–Trinajstić information content (AvgIpc) is 2.39. The zero-order valence-electron chi connectivity index (χ0n) is 9.67. The zero-order chi connectivity index (χ0) is 12.8. The average molecular weight is 281 g/mol. The predicted octanol–water partition coefficient (Wildman–Crippen LogP) is 4.22. The zero-order valence-corrected chi connectivity index (χ0v) is 11.2. The Morgan fingerprint density at radius 3 is 2.50 bits per heavy atom. The minimum absolute atomic E-state index is 0.284. The van der Waals surface area contributed by atoms with Gasteiger partial charge in [0.2, 0.25) is 0 Å². The molecule has 0 fully saturated rings. The van der Waals surface area contributed by atoms with Crippen molar-refractivity contribution in [3.63, 3.8) is 0 Å². The number of phenolic OH excluding ortho intramolecular Hbond substituents is 1. The second-order valence-electron chi connectivity index (χ2n) is 3.62. The van der Waals surface area contributed by atoms with Crippen LogP contribution in [0.2, 0.25) is 5.02 Å². The molecule has 2 aromatic carbocycles. The van der Waals surface area contributed by atoms with Crippen molar-refractivity contribution in [2.24, 2.45) is 0 Å². The second-order valence-corrected chi connectivity index (χ2v) is 5.20. The number of para-hydroxylation sites is 1. The molecule has 2 rings (SSSR count). The summed E-state index contributed by atoms with van der Waals surface area (Å²) >= 11 is 7.65. The van der Waals surface area contributed by atoms with Gasteiger partial charge in [-0.05, 0) is 36.4 Å². The molecule has 4 heteroatoms. The monoisotopic (exact) mass is 280 g/mol. The number of thioether (sulfide) groups is 1. The van der Waals surface area contributed by atoms with Gasteiger partial charge in [-0.1, -0.05) is 23.7 Å². The summed E-state index contributed by atoms with van der Waals surface area (Å²) in [6.45, 7) is 0.593. The Hall–Kier alpha value is -1.32. The van der Waals surface area contributed by atoms with E-state index in [4.69, 9.17) is 21.4 Å². The Balaban J connectivity index is 1.76. The van der Waals surface area contributed by atoms with E-state index in [9.17, 15) is 0 Å². The normalized spacial score (nSPS) is 10.3. The van der Waals surface area contributed by atoms with Crippen molar-refractivity contribution in [1.29, 1.82) is 0 Å². The smallest absolute Gasteiger partial charge is 0.137 e. The van der Waals surface area contributed by atoms with Crippen LogP contribution in [0.25, 0.3) is 0 Å². The summed E-state index contributed by atoms with van der Waals surface area (Å²) in [5, 5.41) is 9.79. The maximum absolute atomic E-state index is 9.16. The number of phenols is 1. The molecule has 2 nitrogen and oxygen atoms in total. The molecule has 0 amide bonds. The van der Waals surface area contributed by atoms with Crippen LogP contribution in [0.3, 0.4) is 0 Å². The number of benzene rings is 2. The number of halogens is 1. The van der Waals surface area contributed by atoms with E-state index in [1.165, 1.54) is 0 Å². The van der Waals surface area contributed by atoms with Crippen molar-refractivity contribution in [2.75, 3.05) is 12.4 Å². The lowest BCUT2D eigenvalue weighted by atomic mass is 10.3. The summed E-state index contributed by atoms with van der Waals surface area (Å²) in [6, 6.07) is 14.6. The molecule has 0 saturated heterocycles. The molecule has 0 aliphatic heterocycles. The van der Waals surface area contributed by atoms with Gasteiger partial charge in [0.25, 0.3) is 0 Å². The van der Waals surface area contributed by atoms with Gasteiger partial charge in [-0.2, -0.15) is 0 Å². The first-order valence-corrected chi connectivity index (χ1v) is 6.91. The lowest BCUT2D eigenvalue weighted by Gasteiger charge is -2.07. The molecule has 0 radical (unpaired) electrons. The highest BCUT2D eigenvalue weighted by Crippen LogP contribution is 2.24. The summed E-state index contributed by atoms with van der Waals surface area (Å²) in [6.07, 6.45) is 0. The van der Waals surface area contributed by atoms with Gasteiger partial charge < -0.3 is 9.84 Å². The molecule has 0 aromatic heterocycles. The third kappa shape index (κ3) is 3.86. The van der Waals surface area contributed by atoms with Gasteiger partial charge in [0, 0.05) is 10.6 Å². The molecule has 0 aliphatic carbocycles. The number of rotatable bonds is 5. The van der Waals surface area contributed by atoms with E-state index in [1.807, 2.05) is 36.4 Å². The first-order chi connectivity index (χ1) is 8.75. The number of ether oxygens (including phenoxy) is 1. The van der Waals surface area contributed by atoms with E-state index < -0.39 is 0 Å². The third-order valence-electron chi connectivity index (χ3n) is 2.28. The molecule has 18 heavy (non-hydrogen) atoms. The van der Waals surface area contributed by atoms with Crippen LogP contribution in [0.4, 0.5) is 0 Å². The highest BCUT2D eigenvalue weighted by Gasteiger charge is 2.00. The second kappa shape index (κ2) is 6.57. The lowest BCUT2D eigenvalue weighted by Crippen LogP contribution is -2.00. The summed E-state index contributed by atoms with van der Waals surface area (Å²) in [7, 11) is 0. The molecule has 2 aromatic rings. The first kappa shape index (κ1) is 13.1. The van der Waals surface area contributed by atoms with Crippen molar-refractivity contribution >= 4 is 23.4 Å². The van der Waals surface area contributed by atoms with Gasteiger partial charge in [-0.25, -0.2) is 0 Å². The molecule has 0 heterocycles. The van der Waals surface area contributed by atoms with Crippen molar-refractivity contribution in [2.45, 2.75) is 4.90 Å². The molecule has 0 atom stereocenters. The minimum Gasteiger partial charge on any atom is -0.508 e. The molecular formula is C14H13ClO2S. The molecule has 1 N–H and O–H groups in total. The third-order valence-corrected chi connectivity index (χ3v) is 3.57. The first-order valence-electron chi connectivity index (χ1n) is 5.55. The Labute approximate surface area is 116 Å². The highest BCUT2D eigenvalue weighted by molar-refractivity contribution is 7.99. The summed E-state index contributed by atoms with van der Waals surface area (Å²) in [4.78, 5) is 1.11. The maximum atomic E-state index is 9.16. The fourth-order valence-corrected chi connectivity index (χ4v) is 2.34. The molecule has 0 saturated carbocycles. The van der Waals surface area contributed by atoms with E-state index in [0.717, 1.165) is 10.6 Å². The van der Waals surface area contributed by atoms with Crippen LogP contribution >= 0.6 is 23.4 Å². The summed E-state index contributed by atoms with van der Waals surface area (Å²) in [5.74, 6) is 1.83. The largest absolute Gasteiger partial charge is 0.508 e. The van der Waals surface area contributed by atoms with Gasteiger partial charge in [-0.15, -0.1) is 11.8 Å². The fraction of sp³-hybridized carbons (Fsp3) is 0.143. The molecule has 0 aliphatic rings. The molecular weight excluding hydrogens is 268 g/mol. The van der Waals surface area contributed by atoms with Gasteiger partial charge in [0.1, 0.15) is 11.5 Å². The van der Waals surface area contributed by atoms with Crippen LogP contribution < -0.4 is 4.74 Å². The Morgan fingerprint density at radius 2 is 1.78 bits per heavy atom. The van der Waals surface area contributed by atoms with Crippen molar-refractivity contribution in [3.05, 3.63) is 53.6 Å². The van der Waals surface area contributed by atoms with E-state index in [2.05, 4.69) is 0 Å². The minimum atomic E-state index is 0.284. The SMILES string of the molecule is Oc1ccc(SCCOc2ccccc2Cl)cc1. The number of hydrogen-bond acceptors (Lipinski definition) is 3. The van der Waals surface area contributed by atoms with Crippen molar-refractivity contribution in [1.82, 2.24) is 0 Å². The van der Waals surface area contributed by atoms with Crippen LogP contribution in [0.15, 0.2) is 53.4 Å². The lowest BCUT2D eigenvalue weighted by molar-refractivity contribution is 0.344. The number of aromatic hydroxyl groups is 1. The van der Waals surface area contributed by atoms with Crippen LogP contribution in [-0.4, -0.2) is 17.5 Å². The Kier molecular flexibility index (Phi) is 4.79. The van der Waals surface area contributed by atoms with E-state index in [0.29, 0.717) is 17.4 Å². The van der Waals surface area contributed by atoms with Gasteiger partial charge in [0.05, 0.1) is 11.6 Å². The van der Waals surface area contributed by atoms with Gasteiger partial charge >= 0.3 is 0 Å². The summed E-state index contributed by atoms with van der Waals surface area (Å²) < 4.78 is 5.58. The van der Waals surface area contributed by atoms with Crippen LogP contribution in [-0.2, 0) is 0 Å². The van der Waals surface area contributed by atoms with Crippen LogP contribution in [0, 0.1) is 0 Å². The molecule has 0 spiro atoms. The molecule has 0 unspecified atom stereocenters. The van der Waals surface area contributed by atoms with E-state index >= 15 is 0 Å². The highest BCUT2D eigenvalue weighted by atomic mass is 35.5. The van der Waals surface area contributed by atoms with Crippen LogP contribution in [0.5, 0.6) is 11.5 Å². The fourth-order valence-electron chi connectivity index (χ4n) is 1.42. The van der Waals surface area contributed by atoms with Crippen LogP contribution in [0.1, 0.15) is 0 Å². The molecule has 0 bridgehead atoms. The van der Waals surface area contributed by atoms with E-state index in [1.54, 1.807) is 23.9 Å². The number of hydrogen-bond donors (Lipinski definition) is 1. The van der Waals surface area contributed by atoms with Crippen molar-refractivity contribution in [3.8, 4) is 11.5 Å². The standard InChI is InChI=1S/C14H13ClO2S/c15-13-3-1-2-4-14(13)17-9-10-18-12-7-5-11(16)6-8-12/h1-8,16H,9-10H2. The topological polar surface area (TPSA) is 29.5 Å². The Bertz CT molecular complexity index is 499. The van der Waals surface area contributed by atoms with Gasteiger partial charge in [0.15, 0.2) is 0 Å². The summed E-state index contributed by atoms with van der Waals surface area (Å²) in [5.41, 5.74) is 0. The predicted molar refractivity (Wildman–Crippen MR) is 75.8 cm³/mol. The van der Waals surface area contributed by atoms with Gasteiger partial charge in [-0.3, -0.25) is 0 Å². The Morgan fingerprint density at radius 1 is 1.06 bits per heavy atom. The van der Waals surface area contributed by atoms with E-state index in [-0.39, 0.29) is 5.75 Å². The van der Waals surface area contributed by atoms with Crippen molar-refractivity contribution < 1.29 is 9.84 Å². The maximum Gasteiger partial charge on any atom is 0.137 e. The molecule has 94 valence electrons. The quantitative estimate of drug-likeness (QED) is 0.657.